The lowest BCUT2D eigenvalue weighted by atomic mass is 9.95. The van der Waals surface area contributed by atoms with Gasteiger partial charge in [0.05, 0.1) is 18.8 Å². The zero-order valence-corrected chi connectivity index (χ0v) is 10.3. The predicted molar refractivity (Wildman–Crippen MR) is 62.1 cm³/mol. The minimum atomic E-state index is -0.702. The molecule has 0 aromatic heterocycles. The molecule has 1 aliphatic heterocycles. The van der Waals surface area contributed by atoms with Crippen LogP contribution in [0.5, 0.6) is 0 Å². The van der Waals surface area contributed by atoms with Gasteiger partial charge < -0.3 is 15.4 Å². The van der Waals surface area contributed by atoms with Crippen molar-refractivity contribution in [2.24, 2.45) is 5.73 Å². The van der Waals surface area contributed by atoms with Crippen LogP contribution in [0.25, 0.3) is 0 Å². The highest BCUT2D eigenvalue weighted by Crippen LogP contribution is 2.13. The summed E-state index contributed by atoms with van der Waals surface area (Å²) in [6.07, 6.45) is 1.67. The smallest absolute Gasteiger partial charge is 0.242 e. The number of hydrogen-bond acceptors (Lipinski definition) is 3. The van der Waals surface area contributed by atoms with Gasteiger partial charge in [0.2, 0.25) is 5.91 Å². The highest BCUT2D eigenvalue weighted by molar-refractivity contribution is 5.86. The molecule has 0 bridgehead atoms. The van der Waals surface area contributed by atoms with Crippen molar-refractivity contribution < 1.29 is 9.53 Å². The zero-order chi connectivity index (χ0) is 10.6. The van der Waals surface area contributed by atoms with Gasteiger partial charge >= 0.3 is 0 Å². The molecular formula is C10H21ClN2O2. The van der Waals surface area contributed by atoms with Crippen LogP contribution in [0.2, 0.25) is 0 Å². The summed E-state index contributed by atoms with van der Waals surface area (Å²) in [6, 6.07) is 0. The lowest BCUT2D eigenvalue weighted by molar-refractivity contribution is -0.140. The maximum atomic E-state index is 12.0. The number of carbonyl (C=O) groups excluding carboxylic acids is 1. The Morgan fingerprint density at radius 3 is 2.47 bits per heavy atom. The summed E-state index contributed by atoms with van der Waals surface area (Å²) >= 11 is 0. The zero-order valence-electron chi connectivity index (χ0n) is 9.49. The highest BCUT2D eigenvalue weighted by Gasteiger charge is 2.32. The molecule has 1 aliphatic rings. The average molecular weight is 237 g/mol. The molecule has 0 spiro atoms. The number of halogens is 1. The normalized spacial score (nSPS) is 20.3. The first kappa shape index (κ1) is 14.7. The van der Waals surface area contributed by atoms with Crippen molar-refractivity contribution in [3.8, 4) is 0 Å². The summed E-state index contributed by atoms with van der Waals surface area (Å²) in [4.78, 5) is 13.8. The van der Waals surface area contributed by atoms with Crippen LogP contribution < -0.4 is 5.73 Å². The predicted octanol–water partition coefficient (Wildman–Crippen LogP) is 0.784. The Kier molecular flexibility index (Phi) is 6.17. The number of nitrogens with two attached hydrogens (primary N) is 1. The first-order valence-corrected chi connectivity index (χ1v) is 5.24. The second-order valence-electron chi connectivity index (χ2n) is 4.07. The number of nitrogens with zero attached hydrogens (tertiary/aromatic N) is 1. The van der Waals surface area contributed by atoms with E-state index >= 15 is 0 Å². The van der Waals surface area contributed by atoms with E-state index in [-0.39, 0.29) is 18.3 Å². The van der Waals surface area contributed by atoms with E-state index in [1.54, 1.807) is 4.90 Å². The molecule has 4 nitrogen and oxygen atoms in total. The van der Waals surface area contributed by atoms with E-state index in [4.69, 9.17) is 10.5 Å². The Morgan fingerprint density at radius 1 is 1.47 bits per heavy atom. The lowest BCUT2D eigenvalue weighted by Gasteiger charge is -2.33. The van der Waals surface area contributed by atoms with Crippen molar-refractivity contribution in [2.45, 2.75) is 32.2 Å². The molecular weight excluding hydrogens is 216 g/mol. The summed E-state index contributed by atoms with van der Waals surface area (Å²) in [5, 5.41) is 0. The molecule has 1 saturated heterocycles. The van der Waals surface area contributed by atoms with Gasteiger partial charge in [-0.1, -0.05) is 13.3 Å². The molecule has 15 heavy (non-hydrogen) atoms. The van der Waals surface area contributed by atoms with Gasteiger partial charge in [0.15, 0.2) is 0 Å². The molecule has 5 heteroatoms. The third-order valence-electron chi connectivity index (χ3n) is 2.56. The fraction of sp³-hybridized carbons (Fsp3) is 0.900. The molecule has 2 N–H and O–H groups in total. The number of hydrogen-bond donors (Lipinski definition) is 1. The molecule has 0 aromatic carbocycles. The SMILES string of the molecule is CCCC(C)(N)C(=O)N1CCOCC1.Cl. The van der Waals surface area contributed by atoms with Crippen molar-refractivity contribution in [3.63, 3.8) is 0 Å². The summed E-state index contributed by atoms with van der Waals surface area (Å²) in [7, 11) is 0. The van der Waals surface area contributed by atoms with Crippen molar-refractivity contribution in [2.75, 3.05) is 26.3 Å². The second-order valence-corrected chi connectivity index (χ2v) is 4.07. The Hall–Kier alpha value is -0.320. The first-order valence-electron chi connectivity index (χ1n) is 5.24. The van der Waals surface area contributed by atoms with Gasteiger partial charge in [0, 0.05) is 13.1 Å². The standard InChI is InChI=1S/C10H20N2O2.ClH/c1-3-4-10(2,11)9(13)12-5-7-14-8-6-12;/h3-8,11H2,1-2H3;1H. The molecule has 0 saturated carbocycles. The summed E-state index contributed by atoms with van der Waals surface area (Å²) in [5.74, 6) is 0.0580. The Labute approximate surface area is 97.5 Å². The van der Waals surface area contributed by atoms with Gasteiger partial charge in [-0.05, 0) is 13.3 Å². The van der Waals surface area contributed by atoms with Gasteiger partial charge in [-0.25, -0.2) is 0 Å². The topological polar surface area (TPSA) is 55.6 Å². The van der Waals surface area contributed by atoms with E-state index in [9.17, 15) is 4.79 Å². The Balaban J connectivity index is 0.00000196. The van der Waals surface area contributed by atoms with Crippen LogP contribution in [-0.4, -0.2) is 42.6 Å². The summed E-state index contributed by atoms with van der Waals surface area (Å²) < 4.78 is 5.19. The van der Waals surface area contributed by atoms with Crippen LogP contribution in [0.3, 0.4) is 0 Å². The average Bonchev–Trinajstić information content (AvgIpc) is 2.18. The van der Waals surface area contributed by atoms with E-state index < -0.39 is 5.54 Å². The maximum absolute atomic E-state index is 12.0. The van der Waals surface area contributed by atoms with Crippen LogP contribution in [0.15, 0.2) is 0 Å². The molecule has 1 atom stereocenters. The number of rotatable bonds is 3. The molecule has 0 aromatic rings. The van der Waals surface area contributed by atoms with E-state index in [2.05, 4.69) is 0 Å². The van der Waals surface area contributed by atoms with Crippen LogP contribution >= 0.6 is 12.4 Å². The summed E-state index contributed by atoms with van der Waals surface area (Å²) in [5.41, 5.74) is 5.27. The third kappa shape index (κ3) is 3.97. The Bertz CT molecular complexity index is 204. The van der Waals surface area contributed by atoms with E-state index in [0.717, 1.165) is 12.8 Å². The molecule has 1 heterocycles. The van der Waals surface area contributed by atoms with Crippen LogP contribution in [0.1, 0.15) is 26.7 Å². The van der Waals surface area contributed by atoms with E-state index in [0.29, 0.717) is 26.3 Å². The van der Waals surface area contributed by atoms with E-state index in [1.165, 1.54) is 0 Å². The highest BCUT2D eigenvalue weighted by atomic mass is 35.5. The van der Waals surface area contributed by atoms with Crippen molar-refractivity contribution in [1.29, 1.82) is 0 Å². The number of ether oxygens (including phenoxy) is 1. The molecule has 1 fully saturated rings. The molecule has 90 valence electrons. The second kappa shape index (κ2) is 6.30. The lowest BCUT2D eigenvalue weighted by Crippen LogP contribution is -2.55. The molecule has 0 aliphatic carbocycles. The largest absolute Gasteiger partial charge is 0.378 e. The monoisotopic (exact) mass is 236 g/mol. The molecule has 1 amide bonds. The van der Waals surface area contributed by atoms with E-state index in [1.807, 2.05) is 13.8 Å². The maximum Gasteiger partial charge on any atom is 0.242 e. The number of amides is 1. The summed E-state index contributed by atoms with van der Waals surface area (Å²) in [6.45, 7) is 6.47. The fourth-order valence-corrected chi connectivity index (χ4v) is 1.75. The molecule has 1 rings (SSSR count). The third-order valence-corrected chi connectivity index (χ3v) is 2.56. The number of morpholine rings is 1. The molecule has 1 unspecified atom stereocenters. The first-order chi connectivity index (χ1) is 6.58. The molecule has 0 radical (unpaired) electrons. The quantitative estimate of drug-likeness (QED) is 0.788. The van der Waals surface area contributed by atoms with Crippen LogP contribution in [0.4, 0.5) is 0 Å². The minimum absolute atomic E-state index is 0. The van der Waals surface area contributed by atoms with Crippen LogP contribution in [-0.2, 0) is 9.53 Å². The van der Waals surface area contributed by atoms with Gasteiger partial charge in [0.1, 0.15) is 0 Å². The van der Waals surface area contributed by atoms with Gasteiger partial charge in [0.25, 0.3) is 0 Å². The van der Waals surface area contributed by atoms with Crippen molar-refractivity contribution >= 4 is 18.3 Å². The van der Waals surface area contributed by atoms with Crippen LogP contribution in [0, 0.1) is 0 Å². The minimum Gasteiger partial charge on any atom is -0.378 e. The fourth-order valence-electron chi connectivity index (χ4n) is 1.75. The van der Waals surface area contributed by atoms with Crippen molar-refractivity contribution in [3.05, 3.63) is 0 Å². The van der Waals surface area contributed by atoms with Gasteiger partial charge in [-0.3, -0.25) is 4.79 Å². The van der Waals surface area contributed by atoms with Gasteiger partial charge in [-0.2, -0.15) is 0 Å². The Morgan fingerprint density at radius 2 is 2.00 bits per heavy atom. The number of carbonyl (C=O) groups is 1. The van der Waals surface area contributed by atoms with Gasteiger partial charge in [-0.15, -0.1) is 12.4 Å². The van der Waals surface area contributed by atoms with Crippen molar-refractivity contribution in [1.82, 2.24) is 4.90 Å².